The molecule has 0 aromatic carbocycles. The van der Waals surface area contributed by atoms with E-state index >= 15 is 0 Å². The number of pyridine rings is 2. The molecule has 16 heteroatoms. The minimum absolute atomic E-state index is 0.0840. The van der Waals surface area contributed by atoms with E-state index in [0.717, 1.165) is 62.6 Å². The van der Waals surface area contributed by atoms with Crippen molar-refractivity contribution in [2.45, 2.75) is 52.0 Å². The Morgan fingerprint density at radius 3 is 2.57 bits per heavy atom. The number of carbonyl (C=O) groups excluding carboxylic acids is 3. The number of rotatable bonds is 12. The maximum atomic E-state index is 13.6. The molecule has 278 valence electrons. The smallest absolute Gasteiger partial charge is 0.227 e. The van der Waals surface area contributed by atoms with Gasteiger partial charge in [-0.25, -0.2) is 9.50 Å². The van der Waals surface area contributed by atoms with Crippen molar-refractivity contribution in [2.24, 2.45) is 5.92 Å². The molecule has 0 spiro atoms. The molecule has 0 bridgehead atoms. The van der Waals surface area contributed by atoms with E-state index in [9.17, 15) is 19.6 Å². The molecule has 0 aliphatic carbocycles. The van der Waals surface area contributed by atoms with Crippen molar-refractivity contribution < 1.29 is 14.4 Å². The Balaban J connectivity index is 0.952. The van der Waals surface area contributed by atoms with Crippen LogP contribution in [0.5, 0.6) is 0 Å². The van der Waals surface area contributed by atoms with E-state index in [1.54, 1.807) is 16.8 Å². The first-order chi connectivity index (χ1) is 26.2. The summed E-state index contributed by atoms with van der Waals surface area (Å²) in [5.74, 6) is 0.787. The summed E-state index contributed by atoms with van der Waals surface area (Å²) in [7, 11) is 0. The fraction of sp³-hybridized carbons (Fsp3) is 0.395. The van der Waals surface area contributed by atoms with Gasteiger partial charge < -0.3 is 20.0 Å². The first kappa shape index (κ1) is 36.4. The number of hydrogen-bond donors (Lipinski definition) is 2. The van der Waals surface area contributed by atoms with Gasteiger partial charge in [0.05, 0.1) is 40.1 Å². The van der Waals surface area contributed by atoms with Crippen LogP contribution < -0.4 is 20.4 Å². The molecule has 2 atom stereocenters. The van der Waals surface area contributed by atoms with Crippen LogP contribution in [0.2, 0.25) is 0 Å². The van der Waals surface area contributed by atoms with Crippen molar-refractivity contribution in [2.75, 3.05) is 54.4 Å². The number of nitriles is 1. The van der Waals surface area contributed by atoms with E-state index in [0.29, 0.717) is 51.1 Å². The fourth-order valence-electron chi connectivity index (χ4n) is 6.98. The number of anilines is 3. The largest absolute Gasteiger partial charge is 0.382 e. The predicted molar refractivity (Wildman–Crippen MR) is 206 cm³/mol. The maximum absolute atomic E-state index is 13.6. The summed E-state index contributed by atoms with van der Waals surface area (Å²) >= 11 is 1.51. The summed E-state index contributed by atoms with van der Waals surface area (Å²) in [5, 5.41) is 30.1. The second-order valence-electron chi connectivity index (χ2n) is 14.0. The summed E-state index contributed by atoms with van der Waals surface area (Å²) in [6.45, 7) is 10.2. The highest BCUT2D eigenvalue weighted by atomic mass is 32.1. The van der Waals surface area contributed by atoms with E-state index in [2.05, 4.69) is 60.6 Å². The van der Waals surface area contributed by atoms with Crippen molar-refractivity contribution in [3.8, 4) is 28.0 Å². The highest BCUT2D eigenvalue weighted by Gasteiger charge is 2.34. The number of nitrogens with zero attached hydrogens (tertiary/aromatic N) is 10. The number of carbonyl (C=O) groups is 3. The Bertz CT molecular complexity index is 2190. The Kier molecular flexibility index (Phi) is 10.8. The topological polar surface area (TPSA) is 178 Å². The number of hydrogen-bond acceptors (Lipinski definition) is 13. The molecule has 2 unspecified atom stereocenters. The van der Waals surface area contributed by atoms with Crippen LogP contribution in [0.1, 0.15) is 57.1 Å². The normalized spacial score (nSPS) is 16.4. The van der Waals surface area contributed by atoms with Crippen molar-refractivity contribution >= 4 is 51.7 Å². The van der Waals surface area contributed by atoms with E-state index < -0.39 is 0 Å². The summed E-state index contributed by atoms with van der Waals surface area (Å²) in [5.41, 5.74) is 5.66. The fourth-order valence-corrected chi connectivity index (χ4v) is 7.90. The molecule has 2 N–H and O–H groups in total. The number of piperazine rings is 1. The molecule has 2 saturated heterocycles. The molecular formula is C38H42N12O3S. The lowest BCUT2D eigenvalue weighted by Crippen LogP contribution is -2.50. The molecule has 54 heavy (non-hydrogen) atoms. The van der Waals surface area contributed by atoms with E-state index in [1.807, 2.05) is 54.5 Å². The Morgan fingerprint density at radius 2 is 1.83 bits per heavy atom. The first-order valence-electron chi connectivity index (χ1n) is 18.2. The molecule has 5 aromatic heterocycles. The van der Waals surface area contributed by atoms with E-state index in [4.69, 9.17) is 4.98 Å². The van der Waals surface area contributed by atoms with Gasteiger partial charge in [-0.15, -0.1) is 10.2 Å². The molecular weight excluding hydrogens is 705 g/mol. The van der Waals surface area contributed by atoms with Crippen LogP contribution in [0.4, 0.5) is 16.6 Å². The third-order valence-corrected chi connectivity index (χ3v) is 11.0. The highest BCUT2D eigenvalue weighted by Crippen LogP contribution is 2.36. The lowest BCUT2D eigenvalue weighted by Gasteiger charge is -2.35. The van der Waals surface area contributed by atoms with Gasteiger partial charge in [-0.05, 0) is 68.5 Å². The summed E-state index contributed by atoms with van der Waals surface area (Å²) < 4.78 is 1.78. The molecule has 5 aromatic rings. The van der Waals surface area contributed by atoms with Crippen LogP contribution in [0.15, 0.2) is 55.0 Å². The molecule has 2 aliphatic heterocycles. The third-order valence-electron chi connectivity index (χ3n) is 9.97. The zero-order valence-electron chi connectivity index (χ0n) is 30.5. The summed E-state index contributed by atoms with van der Waals surface area (Å²) in [6.07, 6.45) is 7.30. The molecule has 2 aliphatic rings. The van der Waals surface area contributed by atoms with Crippen LogP contribution in [0, 0.1) is 17.2 Å². The van der Waals surface area contributed by atoms with Gasteiger partial charge in [0, 0.05) is 69.8 Å². The number of nitrogens with one attached hydrogen (secondary N) is 2. The zero-order chi connectivity index (χ0) is 37.8. The molecule has 3 amide bonds. The second kappa shape index (κ2) is 16.0. The highest BCUT2D eigenvalue weighted by molar-refractivity contribution is 7.18. The van der Waals surface area contributed by atoms with Gasteiger partial charge >= 0.3 is 0 Å². The Morgan fingerprint density at radius 1 is 1.00 bits per heavy atom. The van der Waals surface area contributed by atoms with E-state index in [1.165, 1.54) is 11.3 Å². The average Bonchev–Trinajstić information content (AvgIpc) is 3.97. The third kappa shape index (κ3) is 7.86. The number of aromatic nitrogens is 6. The maximum Gasteiger partial charge on any atom is 0.227 e. The van der Waals surface area contributed by atoms with Crippen LogP contribution in [0.25, 0.3) is 27.5 Å². The lowest BCUT2D eigenvalue weighted by molar-refractivity contribution is -0.135. The minimum atomic E-state index is -0.284. The number of imide groups is 1. The van der Waals surface area contributed by atoms with Crippen LogP contribution in [-0.2, 0) is 14.4 Å². The quantitative estimate of drug-likeness (QED) is 0.173. The van der Waals surface area contributed by atoms with Gasteiger partial charge in [0.1, 0.15) is 11.9 Å². The summed E-state index contributed by atoms with van der Waals surface area (Å²) in [4.78, 5) is 51.5. The molecule has 7 heterocycles. The monoisotopic (exact) mass is 746 g/mol. The summed E-state index contributed by atoms with van der Waals surface area (Å²) in [6, 6.07) is 14.0. The van der Waals surface area contributed by atoms with Crippen LogP contribution >= 0.6 is 11.3 Å². The molecule has 0 saturated carbocycles. The van der Waals surface area contributed by atoms with E-state index in [-0.39, 0.29) is 36.1 Å². The van der Waals surface area contributed by atoms with Gasteiger partial charge in [-0.2, -0.15) is 10.4 Å². The van der Waals surface area contributed by atoms with Crippen LogP contribution in [0.3, 0.4) is 0 Å². The van der Waals surface area contributed by atoms with Gasteiger partial charge in [-0.3, -0.25) is 24.7 Å². The van der Waals surface area contributed by atoms with Gasteiger partial charge in [0.25, 0.3) is 0 Å². The van der Waals surface area contributed by atoms with Crippen molar-refractivity contribution in [1.29, 1.82) is 5.26 Å². The Labute approximate surface area is 317 Å². The second-order valence-corrected chi connectivity index (χ2v) is 15.0. The molecule has 0 radical (unpaired) electrons. The minimum Gasteiger partial charge on any atom is -0.382 e. The van der Waals surface area contributed by atoms with Crippen molar-refractivity contribution in [3.05, 3.63) is 66.1 Å². The number of fused-ring (bicyclic) bond motifs is 1. The zero-order valence-corrected chi connectivity index (χ0v) is 31.3. The predicted octanol–water partition coefficient (Wildman–Crippen LogP) is 4.33. The number of amides is 3. The van der Waals surface area contributed by atoms with Gasteiger partial charge in [0.15, 0.2) is 5.01 Å². The average molecular weight is 747 g/mol. The van der Waals surface area contributed by atoms with Gasteiger partial charge in [-0.1, -0.05) is 24.3 Å². The van der Waals surface area contributed by atoms with Crippen molar-refractivity contribution in [1.82, 2.24) is 40.0 Å². The van der Waals surface area contributed by atoms with Crippen molar-refractivity contribution in [3.63, 3.8) is 0 Å². The standard InChI is InChI=1S/C38H42N12O3S/c1-24(2)44-31-17-32(33-7-6-29-16-26(18-39)19-43-50(29)33)40-21-30(31)36-45-46-38(54-36)48-14-12-47(13-15-48)37(53)28-10-11-49(22-28)34-8-5-27(20-41-34)25(3)4-9-35(52)42-23-51/h5-8,16-17,19-21,23-25,28H,4,9-15,22H2,1-3H3,(H,40,44)(H,42,51,52). The lowest BCUT2D eigenvalue weighted by atomic mass is 9.97. The van der Waals surface area contributed by atoms with Crippen LogP contribution in [-0.4, -0.2) is 98.2 Å². The Hall–Kier alpha value is -5.95. The molecule has 7 rings (SSSR count). The molecule has 2 fully saturated rings. The SMILES string of the molecule is CC(C)Nc1cc(-c2ccc3cc(C#N)cnn23)ncc1-c1nnc(N2CCN(C(=O)C3CCN(c4ccc(C(C)CCC(=O)NC=O)cn4)C3)CC2)s1. The first-order valence-corrected chi connectivity index (χ1v) is 19.0. The molecule has 15 nitrogen and oxygen atoms in total. The van der Waals surface area contributed by atoms with Gasteiger partial charge in [0.2, 0.25) is 23.4 Å².